The van der Waals surface area contributed by atoms with Crippen LogP contribution in [-0.4, -0.2) is 59.9 Å². The Morgan fingerprint density at radius 2 is 2.00 bits per heavy atom. The van der Waals surface area contributed by atoms with Crippen LogP contribution in [0.2, 0.25) is 0 Å². The Morgan fingerprint density at radius 3 is 2.76 bits per heavy atom. The summed E-state index contributed by atoms with van der Waals surface area (Å²) in [6.45, 7) is 4.76. The fourth-order valence-corrected chi connectivity index (χ4v) is 4.45. The second-order valence-electron chi connectivity index (χ2n) is 9.42. The Hall–Kier alpha value is -4.01. The lowest BCUT2D eigenvalue weighted by Gasteiger charge is -2.22. The molecule has 1 aromatic carbocycles. The molecule has 1 aliphatic heterocycles. The third-order valence-electron chi connectivity index (χ3n) is 6.58. The molecular weight excluding hydrogens is 471 g/mol. The maximum absolute atomic E-state index is 13.6. The van der Waals surface area contributed by atoms with Crippen molar-refractivity contribution in [1.29, 1.82) is 0 Å². The summed E-state index contributed by atoms with van der Waals surface area (Å²) < 4.78 is 13.6. The second-order valence-corrected chi connectivity index (χ2v) is 9.42. The van der Waals surface area contributed by atoms with Gasteiger partial charge in [-0.05, 0) is 60.2 Å². The molecule has 0 aliphatic carbocycles. The van der Waals surface area contributed by atoms with E-state index in [-0.39, 0.29) is 17.6 Å². The van der Waals surface area contributed by atoms with Gasteiger partial charge in [-0.25, -0.2) is 9.37 Å². The van der Waals surface area contributed by atoms with Gasteiger partial charge < -0.3 is 20.4 Å². The predicted octanol–water partition coefficient (Wildman–Crippen LogP) is 3.50. The van der Waals surface area contributed by atoms with Gasteiger partial charge in [-0.15, -0.1) is 0 Å². The van der Waals surface area contributed by atoms with Crippen molar-refractivity contribution in [3.8, 4) is 0 Å². The number of pyridine rings is 2. The van der Waals surface area contributed by atoms with Gasteiger partial charge in [0.1, 0.15) is 17.5 Å². The highest BCUT2D eigenvalue weighted by Crippen LogP contribution is 2.26. The lowest BCUT2D eigenvalue weighted by molar-refractivity contribution is -0.128. The summed E-state index contributed by atoms with van der Waals surface area (Å²) in [6, 6.07) is 13.9. The number of anilines is 2. The van der Waals surface area contributed by atoms with E-state index in [2.05, 4.69) is 20.5 Å². The summed E-state index contributed by atoms with van der Waals surface area (Å²) in [4.78, 5) is 37.5. The first kappa shape index (κ1) is 26.1. The molecule has 37 heavy (non-hydrogen) atoms. The lowest BCUT2D eigenvalue weighted by Crippen LogP contribution is -2.31. The molecule has 0 radical (unpaired) electrons. The van der Waals surface area contributed by atoms with Gasteiger partial charge in [-0.3, -0.25) is 14.6 Å². The number of aromatic nitrogens is 2. The Labute approximate surface area is 216 Å². The van der Waals surface area contributed by atoms with Crippen molar-refractivity contribution in [3.63, 3.8) is 0 Å². The SMILES string of the molecule is CC(=O)N(C)C[C@@H]1CCN(c2ccc(C(=O)NCc3cccnc3)c(NCCc3cccc(F)c3)n2)C1. The molecule has 0 saturated carbocycles. The van der Waals surface area contributed by atoms with E-state index < -0.39 is 0 Å². The standard InChI is InChI=1S/C28H33FN6O2/c1-20(36)34(2)18-23-11-14-35(19-23)26-9-8-25(28(37)32-17-22-6-4-12-30-16-22)27(33-26)31-13-10-21-5-3-7-24(29)15-21/h3-9,12,15-16,23H,10-11,13-14,17-19H2,1-2H3,(H,31,33)(H,32,37)/t23-/m0/s1. The Morgan fingerprint density at radius 1 is 1.16 bits per heavy atom. The van der Waals surface area contributed by atoms with E-state index in [0.717, 1.165) is 36.5 Å². The first-order chi connectivity index (χ1) is 17.9. The first-order valence-corrected chi connectivity index (χ1v) is 12.5. The summed E-state index contributed by atoms with van der Waals surface area (Å²) in [6.07, 6.45) is 4.96. The van der Waals surface area contributed by atoms with Gasteiger partial charge in [0, 0.05) is 59.1 Å². The van der Waals surface area contributed by atoms with E-state index in [1.54, 1.807) is 36.4 Å². The number of nitrogens with one attached hydrogen (secondary N) is 2. The molecule has 194 valence electrons. The molecule has 8 nitrogen and oxygen atoms in total. The molecule has 2 aromatic heterocycles. The molecule has 4 rings (SSSR count). The molecule has 3 heterocycles. The fourth-order valence-electron chi connectivity index (χ4n) is 4.45. The molecule has 1 saturated heterocycles. The normalized spacial score (nSPS) is 14.9. The topological polar surface area (TPSA) is 90.5 Å². The average Bonchev–Trinajstić information content (AvgIpc) is 3.36. The van der Waals surface area contributed by atoms with Crippen LogP contribution in [0.4, 0.5) is 16.0 Å². The number of amides is 2. The van der Waals surface area contributed by atoms with Crippen molar-refractivity contribution in [2.45, 2.75) is 26.3 Å². The van der Waals surface area contributed by atoms with E-state index in [4.69, 9.17) is 4.98 Å². The van der Waals surface area contributed by atoms with E-state index in [0.29, 0.717) is 43.4 Å². The predicted molar refractivity (Wildman–Crippen MR) is 142 cm³/mol. The van der Waals surface area contributed by atoms with Gasteiger partial charge in [-0.2, -0.15) is 0 Å². The van der Waals surface area contributed by atoms with Crippen molar-refractivity contribution in [1.82, 2.24) is 20.2 Å². The van der Waals surface area contributed by atoms with Crippen molar-refractivity contribution >= 4 is 23.5 Å². The minimum atomic E-state index is -0.271. The van der Waals surface area contributed by atoms with Gasteiger partial charge >= 0.3 is 0 Å². The summed E-state index contributed by atoms with van der Waals surface area (Å²) in [5.41, 5.74) is 2.21. The highest BCUT2D eigenvalue weighted by molar-refractivity contribution is 5.99. The summed E-state index contributed by atoms with van der Waals surface area (Å²) in [7, 11) is 1.82. The number of carbonyl (C=O) groups is 2. The number of rotatable bonds is 10. The minimum Gasteiger partial charge on any atom is -0.369 e. The van der Waals surface area contributed by atoms with Crippen LogP contribution in [0.1, 0.15) is 34.8 Å². The van der Waals surface area contributed by atoms with E-state index in [1.807, 2.05) is 31.3 Å². The molecule has 2 amide bonds. The van der Waals surface area contributed by atoms with Crippen molar-refractivity contribution in [2.24, 2.45) is 5.92 Å². The largest absolute Gasteiger partial charge is 0.369 e. The average molecular weight is 505 g/mol. The molecule has 0 bridgehead atoms. The smallest absolute Gasteiger partial charge is 0.255 e. The monoisotopic (exact) mass is 504 g/mol. The van der Waals surface area contributed by atoms with Gasteiger partial charge in [0.25, 0.3) is 5.91 Å². The van der Waals surface area contributed by atoms with Crippen LogP contribution in [0.5, 0.6) is 0 Å². The Kier molecular flexibility index (Phi) is 8.66. The number of nitrogens with zero attached hydrogens (tertiary/aromatic N) is 4. The maximum atomic E-state index is 13.6. The number of benzene rings is 1. The van der Waals surface area contributed by atoms with Crippen LogP contribution >= 0.6 is 0 Å². The quantitative estimate of drug-likeness (QED) is 0.439. The van der Waals surface area contributed by atoms with Crippen LogP contribution in [-0.2, 0) is 17.8 Å². The molecule has 1 atom stereocenters. The number of carbonyl (C=O) groups excluding carboxylic acids is 2. The molecule has 0 spiro atoms. The van der Waals surface area contributed by atoms with Crippen LogP contribution in [0.3, 0.4) is 0 Å². The third-order valence-corrected chi connectivity index (χ3v) is 6.58. The summed E-state index contributed by atoms with van der Waals surface area (Å²) >= 11 is 0. The minimum absolute atomic E-state index is 0.0583. The lowest BCUT2D eigenvalue weighted by atomic mass is 10.1. The van der Waals surface area contributed by atoms with E-state index in [9.17, 15) is 14.0 Å². The van der Waals surface area contributed by atoms with E-state index in [1.165, 1.54) is 12.1 Å². The number of hydrogen-bond donors (Lipinski definition) is 2. The number of halogens is 1. The van der Waals surface area contributed by atoms with Gasteiger partial charge in [-0.1, -0.05) is 18.2 Å². The summed E-state index contributed by atoms with van der Waals surface area (Å²) in [5.74, 6) is 1.18. The molecule has 0 unspecified atom stereocenters. The third kappa shape index (κ3) is 7.25. The first-order valence-electron chi connectivity index (χ1n) is 12.5. The van der Waals surface area contributed by atoms with Gasteiger partial charge in [0.05, 0.1) is 5.56 Å². The zero-order valence-corrected chi connectivity index (χ0v) is 21.3. The Balaban J connectivity index is 1.47. The van der Waals surface area contributed by atoms with Crippen LogP contribution in [0.15, 0.2) is 60.9 Å². The zero-order valence-electron chi connectivity index (χ0n) is 21.3. The Bertz CT molecular complexity index is 1220. The molecular formula is C28H33FN6O2. The summed E-state index contributed by atoms with van der Waals surface area (Å²) in [5, 5.41) is 6.24. The highest BCUT2D eigenvalue weighted by atomic mass is 19.1. The van der Waals surface area contributed by atoms with Gasteiger partial charge in [0.15, 0.2) is 0 Å². The van der Waals surface area contributed by atoms with Crippen LogP contribution in [0.25, 0.3) is 0 Å². The second kappa shape index (κ2) is 12.3. The van der Waals surface area contributed by atoms with Crippen molar-refractivity contribution in [2.75, 3.05) is 43.4 Å². The van der Waals surface area contributed by atoms with E-state index >= 15 is 0 Å². The van der Waals surface area contributed by atoms with Crippen LogP contribution < -0.4 is 15.5 Å². The molecule has 1 aliphatic rings. The molecule has 2 N–H and O–H groups in total. The van der Waals surface area contributed by atoms with Crippen molar-refractivity contribution in [3.05, 3.63) is 83.4 Å². The van der Waals surface area contributed by atoms with Crippen molar-refractivity contribution < 1.29 is 14.0 Å². The highest BCUT2D eigenvalue weighted by Gasteiger charge is 2.26. The zero-order chi connectivity index (χ0) is 26.2. The molecule has 3 aromatic rings. The maximum Gasteiger partial charge on any atom is 0.255 e. The molecule has 9 heteroatoms. The van der Waals surface area contributed by atoms with Gasteiger partial charge in [0.2, 0.25) is 5.91 Å². The molecule has 1 fully saturated rings. The number of hydrogen-bond acceptors (Lipinski definition) is 6. The fraction of sp³-hybridized carbons (Fsp3) is 0.357. The van der Waals surface area contributed by atoms with Crippen LogP contribution in [0, 0.1) is 11.7 Å².